The van der Waals surface area contributed by atoms with E-state index in [1.165, 1.54) is 0 Å². The molecule has 128 valence electrons. The first-order chi connectivity index (χ1) is 10.8. The van der Waals surface area contributed by atoms with Crippen LogP contribution in [0.2, 0.25) is 0 Å². The minimum atomic E-state index is -3.50. The number of benzene rings is 1. The Balaban J connectivity index is 2.13. The van der Waals surface area contributed by atoms with E-state index in [-0.39, 0.29) is 29.4 Å². The smallest absolute Gasteiger partial charge is 0.230 e. The average Bonchev–Trinajstić information content (AvgIpc) is 2.46. The van der Waals surface area contributed by atoms with Gasteiger partial charge < -0.3 is 4.90 Å². The molecule has 1 aliphatic rings. The fourth-order valence-corrected chi connectivity index (χ4v) is 4.33. The fourth-order valence-electron chi connectivity index (χ4n) is 3.40. The summed E-state index contributed by atoms with van der Waals surface area (Å²) in [7, 11) is -3.50. The van der Waals surface area contributed by atoms with E-state index < -0.39 is 10.0 Å². The van der Waals surface area contributed by atoms with Gasteiger partial charge in [0.2, 0.25) is 15.9 Å². The molecule has 5 nitrogen and oxygen atoms in total. The van der Waals surface area contributed by atoms with Gasteiger partial charge in [0.05, 0.1) is 11.7 Å². The van der Waals surface area contributed by atoms with E-state index >= 15 is 0 Å². The van der Waals surface area contributed by atoms with Crippen molar-refractivity contribution in [3.05, 3.63) is 35.9 Å². The maximum Gasteiger partial charge on any atom is 0.230 e. The summed E-state index contributed by atoms with van der Waals surface area (Å²) in [6, 6.07) is 9.78. The molecule has 2 rings (SSSR count). The monoisotopic (exact) mass is 338 g/mol. The van der Waals surface area contributed by atoms with Gasteiger partial charge >= 0.3 is 0 Å². The molecule has 1 fully saturated rings. The van der Waals surface area contributed by atoms with Gasteiger partial charge in [-0.2, -0.15) is 0 Å². The lowest BCUT2D eigenvalue weighted by Crippen LogP contribution is -2.45. The van der Waals surface area contributed by atoms with Gasteiger partial charge in [0.15, 0.2) is 0 Å². The van der Waals surface area contributed by atoms with Crippen LogP contribution < -0.4 is 5.14 Å². The summed E-state index contributed by atoms with van der Waals surface area (Å²) in [4.78, 5) is 14.8. The van der Waals surface area contributed by atoms with Crippen molar-refractivity contribution in [3.8, 4) is 0 Å². The lowest BCUT2D eigenvalue weighted by atomic mass is 9.86. The second-order valence-corrected chi connectivity index (χ2v) is 8.41. The van der Waals surface area contributed by atoms with Crippen molar-refractivity contribution in [2.75, 3.05) is 18.8 Å². The van der Waals surface area contributed by atoms with Crippen LogP contribution >= 0.6 is 0 Å². The largest absolute Gasteiger partial charge is 0.342 e. The molecular weight excluding hydrogens is 312 g/mol. The molecular formula is C17H26N2O3S. The van der Waals surface area contributed by atoms with Gasteiger partial charge in [-0.15, -0.1) is 0 Å². The summed E-state index contributed by atoms with van der Waals surface area (Å²) in [6.07, 6.45) is 1.63. The second kappa shape index (κ2) is 7.45. The SMILES string of the molecule is CC(C)[C@H](C(=O)N1CCC[C@@H](CS(N)(=O)=O)C1)c1ccccc1. The summed E-state index contributed by atoms with van der Waals surface area (Å²) in [5, 5.41) is 5.16. The minimum Gasteiger partial charge on any atom is -0.342 e. The topological polar surface area (TPSA) is 80.5 Å². The summed E-state index contributed by atoms with van der Waals surface area (Å²) >= 11 is 0. The first-order valence-corrected chi connectivity index (χ1v) is 9.83. The van der Waals surface area contributed by atoms with Crippen molar-refractivity contribution in [3.63, 3.8) is 0 Å². The number of likely N-dealkylation sites (tertiary alicyclic amines) is 1. The molecule has 1 aliphatic heterocycles. The van der Waals surface area contributed by atoms with Gasteiger partial charge in [-0.05, 0) is 30.2 Å². The van der Waals surface area contributed by atoms with Crippen LogP contribution in [0.4, 0.5) is 0 Å². The number of rotatable bonds is 5. The van der Waals surface area contributed by atoms with Crippen molar-refractivity contribution in [1.82, 2.24) is 4.90 Å². The molecule has 1 heterocycles. The van der Waals surface area contributed by atoms with E-state index in [9.17, 15) is 13.2 Å². The zero-order valence-corrected chi connectivity index (χ0v) is 14.6. The summed E-state index contributed by atoms with van der Waals surface area (Å²) in [5.41, 5.74) is 1.01. The van der Waals surface area contributed by atoms with Crippen LogP contribution in [0.25, 0.3) is 0 Å². The number of piperidine rings is 1. The van der Waals surface area contributed by atoms with E-state index in [0.717, 1.165) is 18.4 Å². The van der Waals surface area contributed by atoms with Crippen molar-refractivity contribution < 1.29 is 13.2 Å². The van der Waals surface area contributed by atoms with Crippen LogP contribution in [-0.4, -0.2) is 38.1 Å². The molecule has 0 aromatic heterocycles. The van der Waals surface area contributed by atoms with Crippen LogP contribution in [-0.2, 0) is 14.8 Å². The number of hydrogen-bond donors (Lipinski definition) is 1. The van der Waals surface area contributed by atoms with E-state index in [0.29, 0.717) is 13.1 Å². The summed E-state index contributed by atoms with van der Waals surface area (Å²) in [5.74, 6) is -0.0291. The van der Waals surface area contributed by atoms with E-state index in [4.69, 9.17) is 5.14 Å². The third-order valence-electron chi connectivity index (χ3n) is 4.39. The Morgan fingerprint density at radius 2 is 1.96 bits per heavy atom. The molecule has 1 saturated heterocycles. The lowest BCUT2D eigenvalue weighted by molar-refractivity contribution is -0.135. The van der Waals surface area contributed by atoms with Crippen LogP contribution in [0.3, 0.4) is 0 Å². The molecule has 1 aromatic rings. The predicted molar refractivity (Wildman–Crippen MR) is 91.3 cm³/mol. The molecule has 0 radical (unpaired) electrons. The number of sulfonamides is 1. The Morgan fingerprint density at radius 3 is 2.52 bits per heavy atom. The van der Waals surface area contributed by atoms with Gasteiger partial charge in [-0.25, -0.2) is 13.6 Å². The maximum absolute atomic E-state index is 13.0. The normalized spacial score (nSPS) is 20.5. The molecule has 1 amide bonds. The first-order valence-electron chi connectivity index (χ1n) is 8.12. The number of amides is 1. The Kier molecular flexibility index (Phi) is 5.81. The highest BCUT2D eigenvalue weighted by Crippen LogP contribution is 2.29. The van der Waals surface area contributed by atoms with E-state index in [1.807, 2.05) is 49.1 Å². The molecule has 1 aromatic carbocycles. The fraction of sp³-hybridized carbons (Fsp3) is 0.588. The predicted octanol–water partition coefficient (Wildman–Crippen LogP) is 1.95. The number of primary sulfonamides is 1. The van der Waals surface area contributed by atoms with E-state index in [2.05, 4.69) is 0 Å². The zero-order valence-electron chi connectivity index (χ0n) is 13.8. The third kappa shape index (κ3) is 5.04. The first kappa shape index (κ1) is 17.9. The standard InChI is InChI=1S/C17H26N2O3S/c1-13(2)16(15-8-4-3-5-9-15)17(20)19-10-6-7-14(11-19)12-23(18,21)22/h3-5,8-9,13-14,16H,6-7,10-12H2,1-2H3,(H2,18,21,22)/t14-,16+/m1/s1. The van der Waals surface area contributed by atoms with Gasteiger partial charge in [0, 0.05) is 13.1 Å². The molecule has 0 bridgehead atoms. The number of nitrogens with zero attached hydrogens (tertiary/aromatic N) is 1. The lowest BCUT2D eigenvalue weighted by Gasteiger charge is -2.35. The Morgan fingerprint density at radius 1 is 1.30 bits per heavy atom. The third-order valence-corrected chi connectivity index (χ3v) is 5.33. The highest BCUT2D eigenvalue weighted by Gasteiger charge is 2.32. The quantitative estimate of drug-likeness (QED) is 0.891. The zero-order chi connectivity index (χ0) is 17.0. The highest BCUT2D eigenvalue weighted by atomic mass is 32.2. The van der Waals surface area contributed by atoms with Crippen molar-refractivity contribution in [1.29, 1.82) is 0 Å². The van der Waals surface area contributed by atoms with Crippen molar-refractivity contribution in [2.24, 2.45) is 17.0 Å². The minimum absolute atomic E-state index is 0.0472. The Bertz CT molecular complexity index is 628. The van der Waals surface area contributed by atoms with Gasteiger partial charge in [-0.3, -0.25) is 4.79 Å². The second-order valence-electron chi connectivity index (χ2n) is 6.75. The Labute approximate surface area is 138 Å². The summed E-state index contributed by atoms with van der Waals surface area (Å²) < 4.78 is 22.6. The summed E-state index contributed by atoms with van der Waals surface area (Å²) in [6.45, 7) is 5.25. The molecule has 2 N–H and O–H groups in total. The molecule has 2 atom stereocenters. The maximum atomic E-state index is 13.0. The average molecular weight is 338 g/mol. The van der Waals surface area contributed by atoms with E-state index in [1.54, 1.807) is 0 Å². The van der Waals surface area contributed by atoms with Gasteiger partial charge in [-0.1, -0.05) is 44.2 Å². The van der Waals surface area contributed by atoms with Gasteiger partial charge in [0.1, 0.15) is 0 Å². The Hall–Kier alpha value is -1.40. The van der Waals surface area contributed by atoms with Crippen LogP contribution in [0.1, 0.15) is 38.2 Å². The molecule has 0 unspecified atom stereocenters. The van der Waals surface area contributed by atoms with Crippen LogP contribution in [0, 0.1) is 11.8 Å². The number of hydrogen-bond acceptors (Lipinski definition) is 3. The number of carbonyl (C=O) groups is 1. The number of carbonyl (C=O) groups excluding carboxylic acids is 1. The molecule has 0 spiro atoms. The molecule has 6 heteroatoms. The molecule has 0 saturated carbocycles. The van der Waals surface area contributed by atoms with Crippen molar-refractivity contribution in [2.45, 2.75) is 32.6 Å². The molecule has 23 heavy (non-hydrogen) atoms. The van der Waals surface area contributed by atoms with Crippen molar-refractivity contribution >= 4 is 15.9 Å². The number of nitrogens with two attached hydrogens (primary N) is 1. The van der Waals surface area contributed by atoms with Gasteiger partial charge in [0.25, 0.3) is 0 Å². The van der Waals surface area contributed by atoms with Crippen LogP contribution in [0.5, 0.6) is 0 Å². The molecule has 0 aliphatic carbocycles. The van der Waals surface area contributed by atoms with Crippen LogP contribution in [0.15, 0.2) is 30.3 Å². The highest BCUT2D eigenvalue weighted by molar-refractivity contribution is 7.89.